The number of halogens is 2. The predicted molar refractivity (Wildman–Crippen MR) is 164 cm³/mol. The number of fused-ring (bicyclic) bond motifs is 1. The molecule has 1 saturated heterocycles. The van der Waals surface area contributed by atoms with Crippen molar-refractivity contribution in [2.75, 3.05) is 19.7 Å². The van der Waals surface area contributed by atoms with Gasteiger partial charge in [-0.2, -0.15) is 5.26 Å². The first-order valence-electron chi connectivity index (χ1n) is 14.6. The lowest BCUT2D eigenvalue weighted by atomic mass is 9.92. The molecule has 4 aromatic rings. The van der Waals surface area contributed by atoms with Crippen molar-refractivity contribution < 1.29 is 19.0 Å². The molecule has 0 radical (unpaired) electrons. The van der Waals surface area contributed by atoms with E-state index in [0.717, 1.165) is 36.0 Å². The van der Waals surface area contributed by atoms with Gasteiger partial charge in [-0.25, -0.2) is 4.39 Å². The molecule has 0 saturated carbocycles. The Balaban J connectivity index is 1.16. The Morgan fingerprint density at radius 3 is 2.70 bits per heavy atom. The molecule has 0 bridgehead atoms. The summed E-state index contributed by atoms with van der Waals surface area (Å²) in [6.07, 6.45) is 5.58. The van der Waals surface area contributed by atoms with E-state index in [2.05, 4.69) is 22.0 Å². The van der Waals surface area contributed by atoms with E-state index in [9.17, 15) is 14.8 Å². The molecule has 0 spiro atoms. The smallest absolute Gasteiger partial charge is 0.141 e. The van der Waals surface area contributed by atoms with Crippen molar-refractivity contribution in [3.63, 3.8) is 0 Å². The van der Waals surface area contributed by atoms with Crippen LogP contribution >= 0.6 is 11.6 Å². The summed E-state index contributed by atoms with van der Waals surface area (Å²) in [5.41, 5.74) is 6.93. The van der Waals surface area contributed by atoms with E-state index in [-0.39, 0.29) is 18.5 Å². The number of benzene rings is 3. The third kappa shape index (κ3) is 6.37. The Morgan fingerprint density at radius 2 is 1.88 bits per heavy atom. The first-order chi connectivity index (χ1) is 20.9. The standard InChI is InChI=1S/C35H33ClFN3O3/c1-22-4-2-7-31(35(22)37)29-6-3-5-28-25(8-9-30(28)29)10-11-42-34-14-33(43-21-24-12-23(15-38)16-39-17-24)26(13-32(34)36)18-40-19-27(41)20-40/h2-7,12-14,16-17,25,27,41H,8-11,18-21H2,1H3. The van der Waals surface area contributed by atoms with Crippen molar-refractivity contribution in [1.82, 2.24) is 9.88 Å². The summed E-state index contributed by atoms with van der Waals surface area (Å²) < 4.78 is 27.4. The van der Waals surface area contributed by atoms with Gasteiger partial charge < -0.3 is 14.6 Å². The maximum absolute atomic E-state index is 15.0. The van der Waals surface area contributed by atoms with Gasteiger partial charge >= 0.3 is 0 Å². The summed E-state index contributed by atoms with van der Waals surface area (Å²) in [6, 6.07) is 19.3. The topological polar surface area (TPSA) is 78.6 Å². The summed E-state index contributed by atoms with van der Waals surface area (Å²) in [5.74, 6) is 1.34. The number of hydrogen-bond acceptors (Lipinski definition) is 6. The van der Waals surface area contributed by atoms with E-state index < -0.39 is 0 Å². The second-order valence-corrected chi connectivity index (χ2v) is 11.8. The third-order valence-corrected chi connectivity index (χ3v) is 8.66. The fourth-order valence-corrected chi connectivity index (χ4v) is 6.35. The maximum atomic E-state index is 15.0. The number of rotatable bonds is 10. The molecular weight excluding hydrogens is 565 g/mol. The van der Waals surface area contributed by atoms with Crippen LogP contribution in [0.15, 0.2) is 67.0 Å². The lowest BCUT2D eigenvalue weighted by Crippen LogP contribution is -2.49. The SMILES string of the molecule is Cc1cccc(-c2cccc3c2CCC3CCOc2cc(OCc3cncc(C#N)c3)c(CN3CC(O)C3)cc2Cl)c1F. The molecule has 1 fully saturated rings. The molecule has 8 heteroatoms. The van der Waals surface area contributed by atoms with E-state index in [0.29, 0.717) is 65.4 Å². The van der Waals surface area contributed by atoms with Crippen LogP contribution in [0.5, 0.6) is 11.5 Å². The Morgan fingerprint density at radius 1 is 1.07 bits per heavy atom. The largest absolute Gasteiger partial charge is 0.492 e. The van der Waals surface area contributed by atoms with Crippen molar-refractivity contribution in [2.24, 2.45) is 0 Å². The zero-order valence-electron chi connectivity index (χ0n) is 24.0. The van der Waals surface area contributed by atoms with Crippen LogP contribution in [0, 0.1) is 24.1 Å². The van der Waals surface area contributed by atoms with Crippen LogP contribution in [-0.4, -0.2) is 40.8 Å². The van der Waals surface area contributed by atoms with Gasteiger partial charge in [-0.05, 0) is 66.5 Å². The normalized spacial score (nSPS) is 16.4. The Labute approximate surface area is 256 Å². The number of likely N-dealkylation sites (tertiary alicyclic amines) is 1. The summed E-state index contributed by atoms with van der Waals surface area (Å²) >= 11 is 6.69. The van der Waals surface area contributed by atoms with Gasteiger partial charge in [0.25, 0.3) is 0 Å². The fourth-order valence-electron chi connectivity index (χ4n) is 6.10. The van der Waals surface area contributed by atoms with Crippen molar-refractivity contribution in [3.05, 3.63) is 111 Å². The molecule has 1 aliphatic carbocycles. The molecule has 220 valence electrons. The molecule has 1 unspecified atom stereocenters. The number of pyridine rings is 1. The minimum absolute atomic E-state index is 0.155. The fraction of sp³-hybridized carbons (Fsp3) is 0.314. The monoisotopic (exact) mass is 597 g/mol. The number of nitrogens with zero attached hydrogens (tertiary/aromatic N) is 3. The van der Waals surface area contributed by atoms with Gasteiger partial charge in [-0.3, -0.25) is 9.88 Å². The number of aliphatic hydroxyl groups is 1. The number of ether oxygens (including phenoxy) is 2. The van der Waals surface area contributed by atoms with E-state index in [4.69, 9.17) is 21.1 Å². The van der Waals surface area contributed by atoms with Gasteiger partial charge in [0.2, 0.25) is 0 Å². The Bertz CT molecular complexity index is 1680. The second kappa shape index (κ2) is 12.7. The minimum atomic E-state index is -0.310. The van der Waals surface area contributed by atoms with Crippen LogP contribution in [0.2, 0.25) is 5.02 Å². The van der Waals surface area contributed by atoms with Crippen molar-refractivity contribution in [1.29, 1.82) is 5.26 Å². The predicted octanol–water partition coefficient (Wildman–Crippen LogP) is 6.98. The second-order valence-electron chi connectivity index (χ2n) is 11.4. The Kier molecular flexibility index (Phi) is 8.62. The highest BCUT2D eigenvalue weighted by atomic mass is 35.5. The zero-order chi connectivity index (χ0) is 29.9. The van der Waals surface area contributed by atoms with E-state index in [1.807, 2.05) is 36.4 Å². The number of nitriles is 1. The molecule has 43 heavy (non-hydrogen) atoms. The molecular formula is C35H33ClFN3O3. The Hall–Kier alpha value is -3.96. The van der Waals surface area contributed by atoms with E-state index >= 15 is 0 Å². The van der Waals surface area contributed by atoms with Crippen LogP contribution in [-0.2, 0) is 19.6 Å². The lowest BCUT2D eigenvalue weighted by Gasteiger charge is -2.36. The molecule has 3 aromatic carbocycles. The molecule has 0 amide bonds. The lowest BCUT2D eigenvalue weighted by molar-refractivity contribution is -0.00334. The molecule has 1 aliphatic heterocycles. The molecule has 2 heterocycles. The molecule has 6 nitrogen and oxygen atoms in total. The molecule has 6 rings (SSSR count). The van der Waals surface area contributed by atoms with Gasteiger partial charge in [-0.1, -0.05) is 48.0 Å². The van der Waals surface area contributed by atoms with Gasteiger partial charge in [0, 0.05) is 54.8 Å². The van der Waals surface area contributed by atoms with Crippen molar-refractivity contribution in [2.45, 2.75) is 51.4 Å². The number of hydrogen-bond donors (Lipinski definition) is 1. The molecule has 1 aromatic heterocycles. The highest BCUT2D eigenvalue weighted by Crippen LogP contribution is 2.42. The summed E-state index contributed by atoms with van der Waals surface area (Å²) in [7, 11) is 0. The molecule has 2 aliphatic rings. The molecule has 1 atom stereocenters. The number of β-amino-alcohol motifs (C(OH)–C–C–N with tert-alkyl or cyclic N) is 1. The van der Waals surface area contributed by atoms with E-state index in [1.54, 1.807) is 25.3 Å². The van der Waals surface area contributed by atoms with Crippen LogP contribution in [0.3, 0.4) is 0 Å². The highest BCUT2D eigenvalue weighted by molar-refractivity contribution is 6.32. The van der Waals surface area contributed by atoms with Gasteiger partial charge in [-0.15, -0.1) is 0 Å². The third-order valence-electron chi connectivity index (χ3n) is 8.37. The van der Waals surface area contributed by atoms with Crippen molar-refractivity contribution >= 4 is 11.6 Å². The molecule has 1 N–H and O–H groups in total. The average Bonchev–Trinajstić information content (AvgIpc) is 3.41. The van der Waals surface area contributed by atoms with Crippen molar-refractivity contribution in [3.8, 4) is 28.7 Å². The van der Waals surface area contributed by atoms with Crippen LogP contribution in [0.25, 0.3) is 11.1 Å². The summed E-state index contributed by atoms with van der Waals surface area (Å²) in [6.45, 7) is 4.30. The number of aromatic nitrogens is 1. The van der Waals surface area contributed by atoms with Gasteiger partial charge in [0.05, 0.1) is 23.3 Å². The van der Waals surface area contributed by atoms with Crippen LogP contribution in [0.4, 0.5) is 4.39 Å². The van der Waals surface area contributed by atoms with Gasteiger partial charge in [0.15, 0.2) is 0 Å². The summed E-state index contributed by atoms with van der Waals surface area (Å²) in [5, 5.41) is 19.5. The van der Waals surface area contributed by atoms with Crippen LogP contribution in [0.1, 0.15) is 52.1 Å². The van der Waals surface area contributed by atoms with Crippen LogP contribution < -0.4 is 9.47 Å². The number of aryl methyl sites for hydroxylation is 1. The first-order valence-corrected chi connectivity index (χ1v) is 15.0. The summed E-state index contributed by atoms with van der Waals surface area (Å²) in [4.78, 5) is 6.24. The minimum Gasteiger partial charge on any atom is -0.492 e. The quantitative estimate of drug-likeness (QED) is 0.213. The van der Waals surface area contributed by atoms with E-state index in [1.165, 1.54) is 17.3 Å². The first kappa shape index (κ1) is 29.1. The zero-order valence-corrected chi connectivity index (χ0v) is 24.8. The number of aliphatic hydroxyl groups excluding tert-OH is 1. The highest BCUT2D eigenvalue weighted by Gasteiger charge is 2.27. The average molecular weight is 598 g/mol. The maximum Gasteiger partial charge on any atom is 0.141 e. The van der Waals surface area contributed by atoms with Gasteiger partial charge in [0.1, 0.15) is 30.0 Å².